The number of aromatic nitrogens is 3. The molecule has 0 unspecified atom stereocenters. The van der Waals surface area contributed by atoms with Crippen molar-refractivity contribution in [3.05, 3.63) is 71.9 Å². The molecule has 2 N–H and O–H groups in total. The standard InChI is InChI=1S/C25H26N4O3S/c1-4-32-25(31)23-21(14-33-17-8-6-5-7-9-17)29(3)20-10-18(16-11-27-15-28-12-16)24(30)19(13-26-2)22(20)23/h5-12,15,26,30H,4,13-14H2,1-3H3. The van der Waals surface area contributed by atoms with Crippen LogP contribution in [0, 0.1) is 0 Å². The van der Waals surface area contributed by atoms with Crippen molar-refractivity contribution >= 4 is 28.6 Å². The number of fused-ring (bicyclic) bond motifs is 1. The van der Waals surface area contributed by atoms with Crippen LogP contribution >= 0.6 is 11.8 Å². The highest BCUT2D eigenvalue weighted by atomic mass is 32.2. The Morgan fingerprint density at radius 3 is 2.61 bits per heavy atom. The fourth-order valence-corrected chi connectivity index (χ4v) is 4.97. The lowest BCUT2D eigenvalue weighted by atomic mass is 9.97. The van der Waals surface area contributed by atoms with Crippen molar-refractivity contribution < 1.29 is 14.6 Å². The van der Waals surface area contributed by atoms with Gasteiger partial charge >= 0.3 is 5.97 Å². The average molecular weight is 463 g/mol. The largest absolute Gasteiger partial charge is 0.507 e. The van der Waals surface area contributed by atoms with Crippen LogP contribution in [0.15, 0.2) is 60.0 Å². The van der Waals surface area contributed by atoms with Crippen molar-refractivity contribution in [2.75, 3.05) is 13.7 Å². The first-order chi connectivity index (χ1) is 16.1. The minimum Gasteiger partial charge on any atom is -0.507 e. The van der Waals surface area contributed by atoms with Crippen LogP contribution in [0.5, 0.6) is 5.75 Å². The van der Waals surface area contributed by atoms with Gasteiger partial charge in [-0.05, 0) is 32.2 Å². The van der Waals surface area contributed by atoms with Gasteiger partial charge in [-0.3, -0.25) is 0 Å². The highest BCUT2D eigenvalue weighted by Gasteiger charge is 2.27. The van der Waals surface area contributed by atoms with Crippen LogP contribution in [-0.2, 0) is 24.1 Å². The van der Waals surface area contributed by atoms with Crippen molar-refractivity contribution in [3.8, 4) is 16.9 Å². The maximum Gasteiger partial charge on any atom is 0.340 e. The Kier molecular flexibility index (Phi) is 6.96. The molecule has 170 valence electrons. The van der Waals surface area contributed by atoms with Gasteiger partial charge < -0.3 is 19.7 Å². The molecule has 0 spiro atoms. The molecule has 0 amide bonds. The maximum atomic E-state index is 13.2. The molecule has 0 saturated heterocycles. The number of hydrogen-bond acceptors (Lipinski definition) is 7. The lowest BCUT2D eigenvalue weighted by molar-refractivity contribution is 0.0527. The maximum absolute atomic E-state index is 13.2. The van der Waals surface area contributed by atoms with Crippen molar-refractivity contribution in [3.63, 3.8) is 0 Å². The van der Waals surface area contributed by atoms with Crippen molar-refractivity contribution in [1.29, 1.82) is 0 Å². The molecule has 33 heavy (non-hydrogen) atoms. The predicted molar refractivity (Wildman–Crippen MR) is 130 cm³/mol. The highest BCUT2D eigenvalue weighted by Crippen LogP contribution is 2.42. The molecule has 2 aromatic carbocycles. The first kappa shape index (κ1) is 22.8. The van der Waals surface area contributed by atoms with Gasteiger partial charge in [-0.15, -0.1) is 11.8 Å². The predicted octanol–water partition coefficient (Wildman–Crippen LogP) is 4.53. The number of ether oxygens (including phenoxy) is 1. The average Bonchev–Trinajstić information content (AvgIpc) is 3.12. The van der Waals surface area contributed by atoms with Crippen LogP contribution < -0.4 is 5.32 Å². The van der Waals surface area contributed by atoms with Gasteiger partial charge in [0.05, 0.1) is 17.7 Å². The smallest absolute Gasteiger partial charge is 0.340 e. The van der Waals surface area contributed by atoms with Crippen LogP contribution in [0.1, 0.15) is 28.5 Å². The molecule has 2 aromatic heterocycles. The third-order valence-corrected chi connectivity index (χ3v) is 6.53. The molecule has 0 fully saturated rings. The first-order valence-electron chi connectivity index (χ1n) is 10.7. The zero-order valence-electron chi connectivity index (χ0n) is 18.8. The summed E-state index contributed by atoms with van der Waals surface area (Å²) < 4.78 is 7.46. The summed E-state index contributed by atoms with van der Waals surface area (Å²) in [5.74, 6) is 0.289. The topological polar surface area (TPSA) is 89.3 Å². The van der Waals surface area contributed by atoms with E-state index in [9.17, 15) is 9.90 Å². The Morgan fingerprint density at radius 1 is 1.21 bits per heavy atom. The van der Waals surface area contributed by atoms with E-state index in [1.54, 1.807) is 31.1 Å². The summed E-state index contributed by atoms with van der Waals surface area (Å²) in [7, 11) is 3.75. The summed E-state index contributed by atoms with van der Waals surface area (Å²) in [5, 5.41) is 15.1. The van der Waals surface area contributed by atoms with Crippen LogP contribution in [0.2, 0.25) is 0 Å². The van der Waals surface area contributed by atoms with Crippen LogP contribution in [0.25, 0.3) is 22.0 Å². The van der Waals surface area contributed by atoms with Crippen molar-refractivity contribution in [1.82, 2.24) is 19.9 Å². The van der Waals surface area contributed by atoms with E-state index >= 15 is 0 Å². The molecule has 0 saturated carbocycles. The Bertz CT molecular complexity index is 1270. The monoisotopic (exact) mass is 462 g/mol. The van der Waals surface area contributed by atoms with Gasteiger partial charge in [0.15, 0.2) is 0 Å². The minimum atomic E-state index is -0.390. The zero-order valence-corrected chi connectivity index (χ0v) is 19.6. The van der Waals surface area contributed by atoms with Crippen LogP contribution in [0.3, 0.4) is 0 Å². The molecule has 0 aliphatic rings. The number of hydrogen-bond donors (Lipinski definition) is 2. The number of carbonyl (C=O) groups excluding carboxylic acids is 1. The molecule has 4 aromatic rings. The summed E-state index contributed by atoms with van der Waals surface area (Å²) in [5.41, 5.74) is 4.14. The van der Waals surface area contributed by atoms with Gasteiger partial charge in [-0.1, -0.05) is 18.2 Å². The second kappa shape index (κ2) is 10.1. The fourth-order valence-electron chi connectivity index (χ4n) is 3.98. The molecule has 4 rings (SSSR count). The van der Waals surface area contributed by atoms with E-state index in [0.717, 1.165) is 16.1 Å². The molecule has 0 aliphatic carbocycles. The summed E-state index contributed by atoms with van der Waals surface area (Å²) in [6.45, 7) is 2.44. The van der Waals surface area contributed by atoms with Crippen LogP contribution in [-0.4, -0.2) is 39.3 Å². The lowest BCUT2D eigenvalue weighted by Crippen LogP contribution is -2.10. The highest BCUT2D eigenvalue weighted by molar-refractivity contribution is 7.98. The SMILES string of the molecule is CCOC(=O)c1c(CSc2ccccc2)n(C)c2cc(-c3cncnc3)c(O)c(CNC)c12. The van der Waals surface area contributed by atoms with Gasteiger partial charge in [-0.25, -0.2) is 14.8 Å². The third kappa shape index (κ3) is 4.44. The second-order valence-electron chi connectivity index (χ2n) is 7.51. The Labute approximate surface area is 196 Å². The number of rotatable bonds is 8. The first-order valence-corrected chi connectivity index (χ1v) is 11.7. The Hall–Kier alpha value is -3.36. The third-order valence-electron chi connectivity index (χ3n) is 5.51. The number of thioether (sulfide) groups is 1. The van der Waals surface area contributed by atoms with E-state index in [-0.39, 0.29) is 18.3 Å². The second-order valence-corrected chi connectivity index (χ2v) is 8.55. The number of aromatic hydroxyl groups is 1. The number of phenols is 1. The van der Waals surface area contributed by atoms with Crippen molar-refractivity contribution in [2.45, 2.75) is 24.1 Å². The van der Waals surface area contributed by atoms with E-state index in [2.05, 4.69) is 15.3 Å². The normalized spacial score (nSPS) is 11.1. The van der Waals surface area contributed by atoms with E-state index < -0.39 is 0 Å². The number of nitrogens with zero attached hydrogens (tertiary/aromatic N) is 3. The lowest BCUT2D eigenvalue weighted by Gasteiger charge is -2.13. The molecule has 0 radical (unpaired) electrons. The Balaban J connectivity index is 1.96. The zero-order chi connectivity index (χ0) is 23.4. The number of carbonyl (C=O) groups is 1. The summed E-state index contributed by atoms with van der Waals surface area (Å²) in [4.78, 5) is 22.5. The van der Waals surface area contributed by atoms with Crippen molar-refractivity contribution in [2.24, 2.45) is 7.05 Å². The quantitative estimate of drug-likeness (QED) is 0.294. The number of benzene rings is 2. The summed E-state index contributed by atoms with van der Waals surface area (Å²) in [6.07, 6.45) is 4.78. The molecule has 7 nitrogen and oxygen atoms in total. The Morgan fingerprint density at radius 2 is 1.94 bits per heavy atom. The number of aryl methyl sites for hydroxylation is 1. The van der Waals surface area contributed by atoms with Crippen LogP contribution in [0.4, 0.5) is 0 Å². The van der Waals surface area contributed by atoms with Gasteiger partial charge in [0.1, 0.15) is 12.1 Å². The van der Waals surface area contributed by atoms with E-state index in [1.807, 2.05) is 55.1 Å². The fraction of sp³-hybridized carbons (Fsp3) is 0.240. The molecule has 0 atom stereocenters. The molecular formula is C25H26N4O3S. The molecule has 0 bridgehead atoms. The number of nitrogens with one attached hydrogen (secondary N) is 1. The molecule has 8 heteroatoms. The van der Waals surface area contributed by atoms with Gasteiger partial charge in [0, 0.05) is 64.4 Å². The van der Waals surface area contributed by atoms with E-state index in [1.165, 1.54) is 6.33 Å². The van der Waals surface area contributed by atoms with E-state index in [4.69, 9.17) is 4.74 Å². The molecular weight excluding hydrogens is 436 g/mol. The minimum absolute atomic E-state index is 0.102. The number of esters is 1. The van der Waals surface area contributed by atoms with Gasteiger partial charge in [0.25, 0.3) is 0 Å². The molecule has 2 heterocycles. The number of phenolic OH excluding ortho intramolecular Hbond substituents is 1. The van der Waals surface area contributed by atoms with Gasteiger partial charge in [0.2, 0.25) is 0 Å². The molecule has 0 aliphatic heterocycles. The van der Waals surface area contributed by atoms with Gasteiger partial charge in [-0.2, -0.15) is 0 Å². The summed E-state index contributed by atoms with van der Waals surface area (Å²) >= 11 is 1.65. The van der Waals surface area contributed by atoms with E-state index in [0.29, 0.717) is 39.9 Å². The summed E-state index contributed by atoms with van der Waals surface area (Å²) in [6, 6.07) is 11.9.